The Morgan fingerprint density at radius 1 is 1.20 bits per heavy atom. The molecule has 3 atom stereocenters. The molecule has 1 N–H and O–H groups in total. The maximum absolute atomic E-state index is 14.8. The van der Waals surface area contributed by atoms with E-state index in [4.69, 9.17) is 4.74 Å². The number of hydrogen-bond donors (Lipinski definition) is 1. The second-order valence-corrected chi connectivity index (χ2v) is 10.1. The van der Waals surface area contributed by atoms with Crippen LogP contribution in [0, 0.1) is 17.7 Å². The predicted octanol–water partition coefficient (Wildman–Crippen LogP) is 6.50. The topological polar surface area (TPSA) is 62.4 Å². The maximum Gasteiger partial charge on any atom is 0.311 e. The number of thiophene rings is 1. The largest absolute Gasteiger partial charge is 0.466 e. The summed E-state index contributed by atoms with van der Waals surface area (Å²) in [5.74, 6) is -0.637. The average Bonchev–Trinajstić information content (AvgIpc) is 3.53. The summed E-state index contributed by atoms with van der Waals surface area (Å²) in [6, 6.07) is 9.02. The van der Waals surface area contributed by atoms with Crippen LogP contribution in [0.15, 0.2) is 41.9 Å². The van der Waals surface area contributed by atoms with Crippen molar-refractivity contribution in [1.82, 2.24) is 9.88 Å². The van der Waals surface area contributed by atoms with Crippen LogP contribution in [0.5, 0.6) is 0 Å². The number of rotatable bonds is 7. The number of fused-ring (bicyclic) bond motifs is 3. The molecule has 3 aromatic rings. The first-order valence-corrected chi connectivity index (χ1v) is 13.7. The van der Waals surface area contributed by atoms with Gasteiger partial charge in [0, 0.05) is 46.4 Å². The quantitative estimate of drug-likeness (QED) is 0.379. The molecular weight excluding hydrogens is 463 g/mol. The van der Waals surface area contributed by atoms with Gasteiger partial charge in [0.05, 0.1) is 12.5 Å². The Hall–Kier alpha value is -2.67. The number of ether oxygens (including phenoxy) is 1. The molecule has 35 heavy (non-hydrogen) atoms. The Morgan fingerprint density at radius 2 is 1.97 bits per heavy atom. The van der Waals surface area contributed by atoms with E-state index < -0.39 is 0 Å². The van der Waals surface area contributed by atoms with Gasteiger partial charge in [0.25, 0.3) is 0 Å². The van der Waals surface area contributed by atoms with E-state index in [0.29, 0.717) is 24.3 Å². The lowest BCUT2D eigenvalue weighted by Crippen LogP contribution is -2.65. The molecule has 3 unspecified atom stereocenters. The standard InChI is InChI=1S/C26H29FN2O3S.C2H6/c1-3-21-24(26(31)32-4-2)15-11-16(12-15)29(21)23(30)13-17(22-9-6-10-33-22)18-14-28-20-8-5-7-19(27)25(18)20;1-2/h5-10,14-17,21,24,28H,3-4,11-13H2,1-2H3;1-2H3. The van der Waals surface area contributed by atoms with Gasteiger partial charge in [-0.25, -0.2) is 4.39 Å². The molecule has 4 heterocycles. The number of piperidine rings is 2. The highest BCUT2D eigenvalue weighted by Crippen LogP contribution is 2.49. The second kappa shape index (κ2) is 10.9. The summed E-state index contributed by atoms with van der Waals surface area (Å²) in [4.78, 5) is 32.7. The van der Waals surface area contributed by atoms with Crippen LogP contribution in [-0.2, 0) is 14.3 Å². The average molecular weight is 499 g/mol. The van der Waals surface area contributed by atoms with Gasteiger partial charge in [-0.2, -0.15) is 0 Å². The lowest BCUT2D eigenvalue weighted by Gasteiger charge is -2.57. The highest BCUT2D eigenvalue weighted by Gasteiger charge is 2.54. The summed E-state index contributed by atoms with van der Waals surface area (Å²) >= 11 is 1.58. The monoisotopic (exact) mass is 498 g/mol. The maximum atomic E-state index is 14.8. The van der Waals surface area contributed by atoms with E-state index in [2.05, 4.69) is 4.98 Å². The third-order valence-electron chi connectivity index (χ3n) is 7.41. The fourth-order valence-electron chi connectivity index (χ4n) is 5.91. The lowest BCUT2D eigenvalue weighted by atomic mass is 9.63. The van der Waals surface area contributed by atoms with Crippen LogP contribution in [0.1, 0.15) is 69.7 Å². The molecule has 1 amide bonds. The molecule has 2 bridgehead atoms. The summed E-state index contributed by atoms with van der Waals surface area (Å²) in [6.45, 7) is 8.20. The van der Waals surface area contributed by atoms with E-state index >= 15 is 0 Å². The van der Waals surface area contributed by atoms with E-state index in [0.717, 1.165) is 28.8 Å². The van der Waals surface area contributed by atoms with Crippen LogP contribution in [0.3, 0.4) is 0 Å². The van der Waals surface area contributed by atoms with Gasteiger partial charge >= 0.3 is 5.97 Å². The number of benzene rings is 1. The van der Waals surface area contributed by atoms with Gasteiger partial charge < -0.3 is 14.6 Å². The van der Waals surface area contributed by atoms with Gasteiger partial charge in [0.1, 0.15) is 5.82 Å². The molecule has 3 aliphatic rings. The molecule has 2 aliphatic heterocycles. The first kappa shape index (κ1) is 25.4. The number of hydrogen-bond acceptors (Lipinski definition) is 4. The number of esters is 1. The Morgan fingerprint density at radius 3 is 2.63 bits per heavy atom. The van der Waals surface area contributed by atoms with Crippen molar-refractivity contribution in [3.63, 3.8) is 0 Å². The zero-order chi connectivity index (χ0) is 25.1. The molecule has 1 aromatic carbocycles. The minimum atomic E-state index is -0.286. The number of carbonyl (C=O) groups is 2. The number of carbonyl (C=O) groups excluding carboxylic acids is 2. The molecule has 5 nitrogen and oxygen atoms in total. The van der Waals surface area contributed by atoms with Crippen molar-refractivity contribution in [3.05, 3.63) is 58.2 Å². The first-order valence-electron chi connectivity index (χ1n) is 12.8. The van der Waals surface area contributed by atoms with Crippen LogP contribution in [0.4, 0.5) is 4.39 Å². The smallest absolute Gasteiger partial charge is 0.311 e. The van der Waals surface area contributed by atoms with Crippen LogP contribution in [-0.4, -0.2) is 40.5 Å². The fourth-order valence-corrected chi connectivity index (χ4v) is 6.76. The van der Waals surface area contributed by atoms with Crippen molar-refractivity contribution in [2.24, 2.45) is 11.8 Å². The van der Waals surface area contributed by atoms with Crippen molar-refractivity contribution in [3.8, 4) is 0 Å². The number of nitrogens with one attached hydrogen (secondary N) is 1. The van der Waals surface area contributed by atoms with Crippen molar-refractivity contribution < 1.29 is 18.7 Å². The van der Waals surface area contributed by atoms with Crippen LogP contribution in [0.25, 0.3) is 10.9 Å². The van der Waals surface area contributed by atoms with Gasteiger partial charge in [0.15, 0.2) is 0 Å². The Balaban J connectivity index is 0.00000141. The van der Waals surface area contributed by atoms with Crippen LogP contribution in [0.2, 0.25) is 0 Å². The number of amides is 1. The van der Waals surface area contributed by atoms with Crippen LogP contribution >= 0.6 is 11.3 Å². The van der Waals surface area contributed by atoms with Gasteiger partial charge in [0.2, 0.25) is 5.91 Å². The summed E-state index contributed by atoms with van der Waals surface area (Å²) < 4.78 is 20.2. The van der Waals surface area contributed by atoms with Gasteiger partial charge in [-0.1, -0.05) is 32.9 Å². The Kier molecular flexibility index (Phi) is 7.95. The van der Waals surface area contributed by atoms with Gasteiger partial charge in [-0.15, -0.1) is 11.3 Å². The summed E-state index contributed by atoms with van der Waals surface area (Å²) in [5, 5.41) is 2.53. The number of nitrogens with zero attached hydrogens (tertiary/aromatic N) is 1. The molecular formula is C28H35FN2O3S. The molecule has 188 valence electrons. The van der Waals surface area contributed by atoms with Crippen molar-refractivity contribution in [2.75, 3.05) is 6.61 Å². The molecule has 0 spiro atoms. The van der Waals surface area contributed by atoms with Gasteiger partial charge in [-0.05, 0) is 61.2 Å². The van der Waals surface area contributed by atoms with Crippen LogP contribution < -0.4 is 0 Å². The predicted molar refractivity (Wildman–Crippen MR) is 138 cm³/mol. The molecule has 1 saturated carbocycles. The molecule has 2 aromatic heterocycles. The number of H-pyrrole nitrogens is 1. The van der Waals surface area contributed by atoms with Crippen molar-refractivity contribution >= 4 is 34.1 Å². The first-order chi connectivity index (χ1) is 17.0. The summed E-state index contributed by atoms with van der Waals surface area (Å²) in [5.41, 5.74) is 1.53. The molecule has 7 heteroatoms. The summed E-state index contributed by atoms with van der Waals surface area (Å²) in [6.07, 6.45) is 4.51. The number of aromatic nitrogens is 1. The Bertz CT molecular complexity index is 1150. The minimum Gasteiger partial charge on any atom is -0.466 e. The Labute approximate surface area is 210 Å². The van der Waals surface area contributed by atoms with E-state index in [1.165, 1.54) is 6.07 Å². The SMILES string of the molecule is CC.CCOC(=O)C1C2CC(C2)N(C(=O)CC(c2cccs2)c2c[nH]c3cccc(F)c23)C1CC. The van der Waals surface area contributed by atoms with E-state index in [-0.39, 0.29) is 48.0 Å². The van der Waals surface area contributed by atoms with Gasteiger partial charge in [-0.3, -0.25) is 9.59 Å². The lowest BCUT2D eigenvalue weighted by molar-refractivity contribution is -0.173. The molecule has 2 saturated heterocycles. The van der Waals surface area contributed by atoms with Crippen molar-refractivity contribution in [2.45, 2.75) is 71.4 Å². The second-order valence-electron chi connectivity index (χ2n) is 9.12. The van der Waals surface area contributed by atoms with Crippen molar-refractivity contribution in [1.29, 1.82) is 0 Å². The highest BCUT2D eigenvalue weighted by atomic mass is 32.1. The third-order valence-corrected chi connectivity index (χ3v) is 8.40. The van der Waals surface area contributed by atoms with E-state index in [9.17, 15) is 14.0 Å². The molecule has 1 aliphatic carbocycles. The molecule has 0 radical (unpaired) electrons. The zero-order valence-electron chi connectivity index (χ0n) is 20.9. The summed E-state index contributed by atoms with van der Waals surface area (Å²) in [7, 11) is 0. The normalized spacial score (nSPS) is 23.7. The fraction of sp³-hybridized carbons (Fsp3) is 0.500. The molecule has 3 fully saturated rings. The van der Waals surface area contributed by atoms with E-state index in [1.807, 2.05) is 62.4 Å². The number of aromatic amines is 1. The highest BCUT2D eigenvalue weighted by molar-refractivity contribution is 7.10. The number of halogens is 1. The zero-order valence-corrected chi connectivity index (χ0v) is 21.7. The third kappa shape index (κ3) is 4.63. The minimum absolute atomic E-state index is 0.0309. The molecule has 6 rings (SSSR count). The van der Waals surface area contributed by atoms with E-state index in [1.54, 1.807) is 17.4 Å².